The second-order valence-electron chi connectivity index (χ2n) is 5.66. The van der Waals surface area contributed by atoms with E-state index in [1.54, 1.807) is 30.5 Å². The van der Waals surface area contributed by atoms with Crippen LogP contribution in [0, 0.1) is 0 Å². The minimum absolute atomic E-state index is 0.234. The Labute approximate surface area is 169 Å². The molecule has 0 bridgehead atoms. The number of nitrogens with zero attached hydrogens (tertiary/aromatic N) is 3. The molecule has 3 heterocycles. The largest absolute Gasteiger partial charge is 0.423 e. The number of benzene rings is 1. The minimum atomic E-state index is -0.506. The van der Waals surface area contributed by atoms with Crippen molar-refractivity contribution in [3.63, 3.8) is 0 Å². The number of carbonyl (C=O) groups is 1. The maximum Gasteiger partial charge on any atom is 0.343 e. The summed E-state index contributed by atoms with van der Waals surface area (Å²) in [6, 6.07) is 15.8. The summed E-state index contributed by atoms with van der Waals surface area (Å²) >= 11 is 7.28. The van der Waals surface area contributed by atoms with Gasteiger partial charge in [-0.2, -0.15) is 0 Å². The fraction of sp³-hybridized carbons (Fsp3) is 0. The highest BCUT2D eigenvalue weighted by molar-refractivity contribution is 7.14. The maximum atomic E-state index is 12.2. The molecule has 3 aromatic heterocycles. The summed E-state index contributed by atoms with van der Waals surface area (Å²) in [5.41, 5.74) is 2.69. The summed E-state index contributed by atoms with van der Waals surface area (Å²) in [5.74, 6) is -0.0995. The van der Waals surface area contributed by atoms with Crippen molar-refractivity contribution in [2.24, 2.45) is 0 Å². The van der Waals surface area contributed by atoms with Crippen LogP contribution in [0.25, 0.3) is 11.4 Å². The SMILES string of the molecule is O=C(Oc1cccc(Nc2nc(-c3ccccn3)cs2)c1)c1ccnc(Cl)c1. The van der Waals surface area contributed by atoms with Gasteiger partial charge in [-0.3, -0.25) is 4.98 Å². The maximum absolute atomic E-state index is 12.2. The number of aromatic nitrogens is 3. The molecule has 4 aromatic rings. The van der Waals surface area contributed by atoms with Crippen LogP contribution in [0.3, 0.4) is 0 Å². The summed E-state index contributed by atoms with van der Waals surface area (Å²) in [7, 11) is 0. The number of thiazole rings is 1. The Morgan fingerprint density at radius 3 is 2.75 bits per heavy atom. The Kier molecular flexibility index (Phi) is 5.27. The summed E-state index contributed by atoms with van der Waals surface area (Å²) in [6.45, 7) is 0. The predicted molar refractivity (Wildman–Crippen MR) is 109 cm³/mol. The second kappa shape index (κ2) is 8.16. The monoisotopic (exact) mass is 408 g/mol. The van der Waals surface area contributed by atoms with E-state index in [9.17, 15) is 4.79 Å². The molecule has 0 unspecified atom stereocenters. The number of anilines is 2. The molecule has 0 aliphatic carbocycles. The lowest BCUT2D eigenvalue weighted by molar-refractivity contribution is 0.0735. The summed E-state index contributed by atoms with van der Waals surface area (Å²) in [4.78, 5) is 24.9. The van der Waals surface area contributed by atoms with E-state index in [1.807, 2.05) is 29.6 Å². The highest BCUT2D eigenvalue weighted by atomic mass is 35.5. The van der Waals surface area contributed by atoms with Crippen LogP contribution in [0.2, 0.25) is 5.15 Å². The Hall–Kier alpha value is -3.29. The van der Waals surface area contributed by atoms with Crippen molar-refractivity contribution in [3.05, 3.63) is 83.1 Å². The minimum Gasteiger partial charge on any atom is -0.423 e. The number of hydrogen-bond acceptors (Lipinski definition) is 7. The van der Waals surface area contributed by atoms with Crippen LogP contribution in [0.15, 0.2) is 72.4 Å². The van der Waals surface area contributed by atoms with Crippen LogP contribution in [0.4, 0.5) is 10.8 Å². The Morgan fingerprint density at radius 2 is 1.93 bits per heavy atom. The summed E-state index contributed by atoms with van der Waals surface area (Å²) < 4.78 is 5.42. The molecule has 0 saturated carbocycles. The molecule has 4 rings (SSSR count). The highest BCUT2D eigenvalue weighted by Gasteiger charge is 2.11. The lowest BCUT2D eigenvalue weighted by Crippen LogP contribution is -2.08. The van der Waals surface area contributed by atoms with E-state index in [4.69, 9.17) is 16.3 Å². The molecule has 0 aliphatic rings. The zero-order valence-electron chi connectivity index (χ0n) is 14.4. The highest BCUT2D eigenvalue weighted by Crippen LogP contribution is 2.27. The van der Waals surface area contributed by atoms with Gasteiger partial charge in [-0.15, -0.1) is 11.3 Å². The van der Waals surface area contributed by atoms with E-state index in [0.29, 0.717) is 16.4 Å². The van der Waals surface area contributed by atoms with E-state index in [0.717, 1.165) is 17.1 Å². The van der Waals surface area contributed by atoms with E-state index in [2.05, 4.69) is 20.3 Å². The molecule has 0 fully saturated rings. The quantitative estimate of drug-likeness (QED) is 0.277. The van der Waals surface area contributed by atoms with Crippen molar-refractivity contribution in [2.45, 2.75) is 0 Å². The number of halogens is 1. The lowest BCUT2D eigenvalue weighted by Gasteiger charge is -2.07. The molecule has 0 amide bonds. The van der Waals surface area contributed by atoms with Crippen LogP contribution in [-0.2, 0) is 0 Å². The van der Waals surface area contributed by atoms with Crippen molar-refractivity contribution in [1.82, 2.24) is 15.0 Å². The third-order valence-corrected chi connectivity index (χ3v) is 4.65. The molecule has 0 saturated heterocycles. The number of rotatable bonds is 5. The molecule has 1 aromatic carbocycles. The third kappa shape index (κ3) is 4.33. The van der Waals surface area contributed by atoms with Crippen molar-refractivity contribution in [3.8, 4) is 17.1 Å². The summed E-state index contributed by atoms with van der Waals surface area (Å²) in [5, 5.41) is 6.09. The summed E-state index contributed by atoms with van der Waals surface area (Å²) in [6.07, 6.45) is 3.19. The second-order valence-corrected chi connectivity index (χ2v) is 6.91. The molecule has 8 heteroatoms. The molecule has 138 valence electrons. The van der Waals surface area contributed by atoms with Gasteiger partial charge in [0.2, 0.25) is 0 Å². The molecule has 28 heavy (non-hydrogen) atoms. The first-order valence-corrected chi connectivity index (χ1v) is 9.51. The van der Waals surface area contributed by atoms with E-state index < -0.39 is 5.97 Å². The van der Waals surface area contributed by atoms with E-state index >= 15 is 0 Å². The van der Waals surface area contributed by atoms with Gasteiger partial charge in [0.1, 0.15) is 16.6 Å². The Bertz CT molecular complexity index is 1120. The normalized spacial score (nSPS) is 10.5. The smallest absolute Gasteiger partial charge is 0.343 e. The standard InChI is InChI=1S/C20H13ClN4O2S/c21-18-10-13(7-9-23-18)19(26)27-15-5-3-4-14(11-15)24-20-25-17(12-28-20)16-6-1-2-8-22-16/h1-12H,(H,24,25). The lowest BCUT2D eigenvalue weighted by atomic mass is 10.2. The molecular weight excluding hydrogens is 396 g/mol. The number of hydrogen-bond donors (Lipinski definition) is 1. The third-order valence-electron chi connectivity index (χ3n) is 3.69. The molecule has 1 N–H and O–H groups in total. The number of nitrogens with one attached hydrogen (secondary N) is 1. The Morgan fingerprint density at radius 1 is 1.00 bits per heavy atom. The van der Waals surface area contributed by atoms with Gasteiger partial charge in [-0.25, -0.2) is 14.8 Å². The van der Waals surface area contributed by atoms with Gasteiger partial charge in [0.15, 0.2) is 5.13 Å². The van der Waals surface area contributed by atoms with Crippen molar-refractivity contribution < 1.29 is 9.53 Å². The predicted octanol–water partition coefficient (Wildman–Crippen LogP) is 5.22. The van der Waals surface area contributed by atoms with Gasteiger partial charge in [0.25, 0.3) is 0 Å². The number of pyridine rings is 2. The van der Waals surface area contributed by atoms with Gasteiger partial charge in [-0.1, -0.05) is 23.7 Å². The van der Waals surface area contributed by atoms with Crippen molar-refractivity contribution in [1.29, 1.82) is 0 Å². The first-order chi connectivity index (χ1) is 13.7. The van der Waals surface area contributed by atoms with E-state index in [1.165, 1.54) is 23.6 Å². The first-order valence-electron chi connectivity index (χ1n) is 8.25. The van der Waals surface area contributed by atoms with Crippen LogP contribution < -0.4 is 10.1 Å². The molecule has 0 aliphatic heterocycles. The van der Waals surface area contributed by atoms with Gasteiger partial charge >= 0.3 is 5.97 Å². The molecular formula is C20H13ClN4O2S. The van der Waals surface area contributed by atoms with Crippen LogP contribution >= 0.6 is 22.9 Å². The first kappa shape index (κ1) is 18.1. The number of esters is 1. The number of carbonyl (C=O) groups excluding carboxylic acids is 1. The zero-order valence-corrected chi connectivity index (χ0v) is 15.9. The fourth-order valence-corrected chi connectivity index (χ4v) is 3.32. The van der Waals surface area contributed by atoms with Gasteiger partial charge in [0.05, 0.1) is 11.3 Å². The average Bonchev–Trinajstić information content (AvgIpc) is 3.17. The van der Waals surface area contributed by atoms with E-state index in [-0.39, 0.29) is 5.15 Å². The molecule has 0 spiro atoms. The van der Waals surface area contributed by atoms with Gasteiger partial charge < -0.3 is 10.1 Å². The fourth-order valence-electron chi connectivity index (χ4n) is 2.42. The topological polar surface area (TPSA) is 77.0 Å². The van der Waals surface area contributed by atoms with Crippen LogP contribution in [-0.4, -0.2) is 20.9 Å². The zero-order chi connectivity index (χ0) is 19.3. The Balaban J connectivity index is 1.47. The molecule has 0 atom stereocenters. The van der Waals surface area contributed by atoms with Gasteiger partial charge in [0, 0.05) is 29.5 Å². The molecule has 6 nitrogen and oxygen atoms in total. The van der Waals surface area contributed by atoms with Crippen molar-refractivity contribution in [2.75, 3.05) is 5.32 Å². The van der Waals surface area contributed by atoms with Crippen molar-refractivity contribution >= 4 is 39.7 Å². The van der Waals surface area contributed by atoms with Crippen LogP contribution in [0.1, 0.15) is 10.4 Å². The van der Waals surface area contributed by atoms with Gasteiger partial charge in [-0.05, 0) is 36.4 Å². The number of ether oxygens (including phenoxy) is 1. The average molecular weight is 409 g/mol. The van der Waals surface area contributed by atoms with Crippen LogP contribution in [0.5, 0.6) is 5.75 Å². The molecule has 0 radical (unpaired) electrons.